The molecule has 0 aromatic heterocycles. The molecule has 2 rings (SSSR count). The first-order valence-corrected chi connectivity index (χ1v) is 8.37. The zero-order valence-corrected chi connectivity index (χ0v) is 14.1. The van der Waals surface area contributed by atoms with Crippen LogP contribution in [0.4, 0.5) is 5.69 Å². The van der Waals surface area contributed by atoms with Crippen molar-refractivity contribution in [2.24, 2.45) is 5.41 Å². The monoisotopic (exact) mass is 333 g/mol. The lowest BCUT2D eigenvalue weighted by Gasteiger charge is -2.36. The van der Waals surface area contributed by atoms with Gasteiger partial charge in [0.05, 0.1) is 10.5 Å². The Morgan fingerprint density at radius 2 is 2.04 bits per heavy atom. The van der Waals surface area contributed by atoms with Gasteiger partial charge in [-0.1, -0.05) is 26.7 Å². The van der Waals surface area contributed by atoms with E-state index in [0.29, 0.717) is 6.42 Å². The van der Waals surface area contributed by atoms with Crippen molar-refractivity contribution in [2.75, 3.05) is 0 Å². The first-order valence-electron chi connectivity index (χ1n) is 8.37. The number of ether oxygens (including phenoxy) is 1. The van der Waals surface area contributed by atoms with Gasteiger partial charge >= 0.3 is 5.97 Å². The zero-order valence-electron chi connectivity index (χ0n) is 14.1. The van der Waals surface area contributed by atoms with Crippen LogP contribution in [0.1, 0.15) is 62.7 Å². The van der Waals surface area contributed by atoms with Crippen molar-refractivity contribution >= 4 is 17.4 Å². The summed E-state index contributed by atoms with van der Waals surface area (Å²) in [5.74, 6) is -0.611. The summed E-state index contributed by atoms with van der Waals surface area (Å²) in [6, 6.07) is 5.21. The summed E-state index contributed by atoms with van der Waals surface area (Å²) in [5.41, 5.74) is -0.295. The molecule has 2 atom stereocenters. The minimum absolute atomic E-state index is 0.00235. The Morgan fingerprint density at radius 1 is 1.38 bits per heavy atom. The summed E-state index contributed by atoms with van der Waals surface area (Å²) in [5, 5.41) is 10.6. The minimum Gasteiger partial charge on any atom is -0.451 e. The third kappa shape index (κ3) is 3.99. The van der Waals surface area contributed by atoms with Crippen molar-refractivity contribution in [1.29, 1.82) is 0 Å². The fourth-order valence-corrected chi connectivity index (χ4v) is 3.16. The van der Waals surface area contributed by atoms with Gasteiger partial charge in [0.1, 0.15) is 0 Å². The Labute approximate surface area is 141 Å². The van der Waals surface area contributed by atoms with Crippen LogP contribution in [0.15, 0.2) is 24.3 Å². The molecule has 1 saturated carbocycles. The van der Waals surface area contributed by atoms with E-state index < -0.39 is 22.4 Å². The van der Waals surface area contributed by atoms with Crippen molar-refractivity contribution < 1.29 is 19.2 Å². The molecule has 1 aliphatic rings. The topological polar surface area (TPSA) is 86.5 Å². The molecule has 6 heteroatoms. The molecule has 6 nitrogen and oxygen atoms in total. The number of esters is 1. The van der Waals surface area contributed by atoms with E-state index in [-0.39, 0.29) is 17.0 Å². The van der Waals surface area contributed by atoms with Crippen LogP contribution in [-0.2, 0) is 9.53 Å². The highest BCUT2D eigenvalue weighted by Crippen LogP contribution is 2.38. The van der Waals surface area contributed by atoms with Crippen LogP contribution in [0.3, 0.4) is 0 Å². The maximum Gasteiger partial charge on any atom is 0.338 e. The van der Waals surface area contributed by atoms with Gasteiger partial charge in [-0.3, -0.25) is 14.9 Å². The summed E-state index contributed by atoms with van der Waals surface area (Å²) in [6.45, 7) is 4.04. The molecular formula is C18H23NO5. The number of rotatable bonds is 6. The van der Waals surface area contributed by atoms with Gasteiger partial charge in [0.25, 0.3) is 5.69 Å². The van der Waals surface area contributed by atoms with Gasteiger partial charge in [-0.15, -0.1) is 0 Å². The largest absolute Gasteiger partial charge is 0.451 e. The molecule has 1 aliphatic carbocycles. The average molecular weight is 333 g/mol. The number of hydrogen-bond donors (Lipinski definition) is 0. The van der Waals surface area contributed by atoms with Crippen LogP contribution < -0.4 is 0 Å². The number of nitro benzene ring substituents is 1. The van der Waals surface area contributed by atoms with Crippen molar-refractivity contribution in [3.63, 3.8) is 0 Å². The van der Waals surface area contributed by atoms with E-state index in [1.807, 2.05) is 6.92 Å². The highest BCUT2D eigenvalue weighted by Gasteiger charge is 2.42. The van der Waals surface area contributed by atoms with E-state index in [1.165, 1.54) is 24.3 Å². The van der Waals surface area contributed by atoms with Crippen LogP contribution in [0.5, 0.6) is 0 Å². The van der Waals surface area contributed by atoms with Crippen LogP contribution in [-0.4, -0.2) is 22.8 Å². The van der Waals surface area contributed by atoms with Crippen LogP contribution >= 0.6 is 0 Å². The van der Waals surface area contributed by atoms with E-state index in [0.717, 1.165) is 32.1 Å². The number of ketones is 1. The van der Waals surface area contributed by atoms with Gasteiger partial charge in [0.2, 0.25) is 0 Å². The molecule has 130 valence electrons. The van der Waals surface area contributed by atoms with E-state index in [2.05, 4.69) is 6.92 Å². The van der Waals surface area contributed by atoms with Crippen molar-refractivity contribution in [3.05, 3.63) is 39.9 Å². The molecule has 0 heterocycles. The molecule has 0 N–H and O–H groups in total. The Kier molecular flexibility index (Phi) is 5.70. The maximum atomic E-state index is 12.7. The fraction of sp³-hybridized carbons (Fsp3) is 0.556. The number of Topliss-reactive ketones (excluding diaryl/α,β-unsaturated/α-hetero) is 1. The first kappa shape index (κ1) is 18.1. The van der Waals surface area contributed by atoms with Gasteiger partial charge in [0.15, 0.2) is 11.9 Å². The van der Waals surface area contributed by atoms with E-state index in [4.69, 9.17) is 4.74 Å². The minimum atomic E-state index is -0.719. The molecule has 0 saturated heterocycles. The molecule has 24 heavy (non-hydrogen) atoms. The second-order valence-electron chi connectivity index (χ2n) is 6.62. The lowest BCUT2D eigenvalue weighted by atomic mass is 9.70. The lowest BCUT2D eigenvalue weighted by Crippen LogP contribution is -2.43. The Bertz CT molecular complexity index is 625. The van der Waals surface area contributed by atoms with E-state index in [9.17, 15) is 19.7 Å². The number of non-ortho nitro benzene ring substituents is 1. The summed E-state index contributed by atoms with van der Waals surface area (Å²) in [4.78, 5) is 35.0. The van der Waals surface area contributed by atoms with Crippen molar-refractivity contribution in [3.8, 4) is 0 Å². The molecular weight excluding hydrogens is 310 g/mol. The zero-order chi connectivity index (χ0) is 17.7. The van der Waals surface area contributed by atoms with Gasteiger partial charge in [-0.25, -0.2) is 4.79 Å². The van der Waals surface area contributed by atoms with Crippen molar-refractivity contribution in [1.82, 2.24) is 0 Å². The fourth-order valence-electron chi connectivity index (χ4n) is 3.16. The molecule has 0 radical (unpaired) electrons. The second-order valence-corrected chi connectivity index (χ2v) is 6.62. The van der Waals surface area contributed by atoms with E-state index >= 15 is 0 Å². The third-order valence-corrected chi connectivity index (χ3v) is 4.73. The predicted molar refractivity (Wildman–Crippen MR) is 88.8 cm³/mol. The summed E-state index contributed by atoms with van der Waals surface area (Å²) in [6.07, 6.45) is 4.32. The Hall–Kier alpha value is -2.24. The number of nitrogens with zero attached hydrogens (tertiary/aromatic N) is 1. The average Bonchev–Trinajstić information content (AvgIpc) is 2.57. The molecule has 1 fully saturated rings. The van der Waals surface area contributed by atoms with Gasteiger partial charge in [-0.05, 0) is 37.8 Å². The quantitative estimate of drug-likeness (QED) is 0.445. The second kappa shape index (κ2) is 7.55. The molecule has 0 amide bonds. The van der Waals surface area contributed by atoms with Crippen LogP contribution in [0, 0.1) is 15.5 Å². The Balaban J connectivity index is 2.05. The van der Waals surface area contributed by atoms with Crippen LogP contribution in [0.2, 0.25) is 0 Å². The first-order chi connectivity index (χ1) is 11.4. The van der Waals surface area contributed by atoms with Crippen LogP contribution in [0.25, 0.3) is 0 Å². The smallest absolute Gasteiger partial charge is 0.338 e. The highest BCUT2D eigenvalue weighted by atomic mass is 16.6. The third-order valence-electron chi connectivity index (χ3n) is 4.73. The molecule has 0 bridgehead atoms. The highest BCUT2D eigenvalue weighted by molar-refractivity contribution is 5.95. The van der Waals surface area contributed by atoms with E-state index in [1.54, 1.807) is 0 Å². The molecule has 1 aromatic carbocycles. The number of carbonyl (C=O) groups excluding carboxylic acids is 2. The summed E-state index contributed by atoms with van der Waals surface area (Å²) < 4.78 is 5.41. The van der Waals surface area contributed by atoms with Gasteiger partial charge in [-0.2, -0.15) is 0 Å². The summed E-state index contributed by atoms with van der Waals surface area (Å²) in [7, 11) is 0. The predicted octanol–water partition coefficient (Wildman–Crippen LogP) is 4.07. The Morgan fingerprint density at radius 3 is 2.62 bits per heavy atom. The number of hydrogen-bond acceptors (Lipinski definition) is 5. The number of nitro groups is 1. The van der Waals surface area contributed by atoms with Crippen molar-refractivity contribution in [2.45, 2.75) is 58.5 Å². The standard InChI is InChI=1S/C18H23NO5/c1-3-4-11-18(2)12-5-6-15(16(18)20)24-17(21)13-7-9-14(10-8-13)19(22)23/h7-10,15H,3-6,11-12H2,1-2H3/t15-,18+/m1/s1. The SMILES string of the molecule is CCCC[C@@]1(C)CCC[C@@H](OC(=O)c2ccc([N+](=O)[O-])cc2)C1=O. The maximum absolute atomic E-state index is 12.7. The normalized spacial score (nSPS) is 23.8. The molecule has 1 aromatic rings. The number of benzene rings is 1. The number of carbonyl (C=O) groups is 2. The molecule has 0 unspecified atom stereocenters. The number of unbranched alkanes of at least 4 members (excludes halogenated alkanes) is 1. The lowest BCUT2D eigenvalue weighted by molar-refractivity contribution is -0.384. The van der Waals surface area contributed by atoms with Gasteiger partial charge in [0, 0.05) is 17.5 Å². The summed E-state index contributed by atoms with van der Waals surface area (Å²) >= 11 is 0. The molecule has 0 spiro atoms. The van der Waals surface area contributed by atoms with Gasteiger partial charge < -0.3 is 4.74 Å². The molecule has 0 aliphatic heterocycles.